The predicted octanol–water partition coefficient (Wildman–Crippen LogP) is 4.44. The molecule has 1 amide bonds. The van der Waals surface area contributed by atoms with Crippen LogP contribution in [-0.2, 0) is 9.53 Å². The summed E-state index contributed by atoms with van der Waals surface area (Å²) in [6, 6.07) is 7.13. The minimum absolute atomic E-state index is 0. The molecule has 164 valence electrons. The quantitative estimate of drug-likeness (QED) is 0.169. The summed E-state index contributed by atoms with van der Waals surface area (Å²) in [4.78, 5) is 16.8. The van der Waals surface area contributed by atoms with Crippen LogP contribution in [0, 0.1) is 5.41 Å². The molecule has 1 fully saturated rings. The number of methoxy groups -OCH3 is 1. The molecule has 2 rings (SSSR count). The fourth-order valence-corrected chi connectivity index (χ4v) is 3.41. The van der Waals surface area contributed by atoms with Crippen molar-refractivity contribution in [2.75, 3.05) is 38.7 Å². The lowest BCUT2D eigenvalue weighted by Gasteiger charge is -2.40. The number of guanidine groups is 1. The van der Waals surface area contributed by atoms with Gasteiger partial charge in [-0.05, 0) is 62.3 Å². The Labute approximate surface area is 196 Å². The van der Waals surface area contributed by atoms with Gasteiger partial charge in [-0.1, -0.05) is 18.0 Å². The first-order valence-corrected chi connectivity index (χ1v) is 10.5. The van der Waals surface area contributed by atoms with Crippen LogP contribution in [0.2, 0.25) is 5.02 Å². The average molecular weight is 537 g/mol. The number of anilines is 1. The number of hydrogen-bond acceptors (Lipinski definition) is 3. The van der Waals surface area contributed by atoms with Gasteiger partial charge in [0.05, 0.1) is 0 Å². The fraction of sp³-hybridized carbons (Fsp3) is 0.619. The summed E-state index contributed by atoms with van der Waals surface area (Å²) in [7, 11) is 1.75. The van der Waals surface area contributed by atoms with E-state index >= 15 is 0 Å². The van der Waals surface area contributed by atoms with Gasteiger partial charge in [-0.2, -0.15) is 0 Å². The Bertz CT molecular complexity index is 636. The highest BCUT2D eigenvalue weighted by Crippen LogP contribution is 2.44. The third kappa shape index (κ3) is 9.53. The number of amides is 1. The molecule has 29 heavy (non-hydrogen) atoms. The number of nitrogens with one attached hydrogen (secondary N) is 3. The highest BCUT2D eigenvalue weighted by molar-refractivity contribution is 14.0. The zero-order valence-corrected chi connectivity index (χ0v) is 20.5. The molecule has 0 heterocycles. The monoisotopic (exact) mass is 536 g/mol. The van der Waals surface area contributed by atoms with E-state index in [1.54, 1.807) is 31.4 Å². The van der Waals surface area contributed by atoms with Gasteiger partial charge in [-0.25, -0.2) is 0 Å². The Balaban J connectivity index is 0.00000420. The van der Waals surface area contributed by atoms with Crippen LogP contribution in [0.15, 0.2) is 29.3 Å². The predicted molar refractivity (Wildman–Crippen MR) is 131 cm³/mol. The van der Waals surface area contributed by atoms with Gasteiger partial charge >= 0.3 is 0 Å². The summed E-state index contributed by atoms with van der Waals surface area (Å²) in [5.74, 6) is 0.823. The molecule has 6 nitrogen and oxygen atoms in total. The van der Waals surface area contributed by atoms with Crippen LogP contribution < -0.4 is 16.0 Å². The van der Waals surface area contributed by atoms with Gasteiger partial charge in [0.1, 0.15) is 0 Å². The molecule has 1 aromatic rings. The van der Waals surface area contributed by atoms with Crippen molar-refractivity contribution in [1.82, 2.24) is 10.6 Å². The Morgan fingerprint density at radius 3 is 2.55 bits per heavy atom. The van der Waals surface area contributed by atoms with Gasteiger partial charge < -0.3 is 20.7 Å². The molecule has 0 spiro atoms. The van der Waals surface area contributed by atoms with Gasteiger partial charge in [0, 0.05) is 50.5 Å². The molecule has 3 N–H and O–H groups in total. The standard InChI is InChI=1S/C21H33ClN4O2.HI/c1-3-23-20(25-16-21(11-5-12-21)13-15-28-2)24-14-4-6-19(27)26-18-9-7-17(22)8-10-18;/h7-10H,3-6,11-16H2,1-2H3,(H,26,27)(H2,23,24,25);1H. The normalized spacial score (nSPS) is 15.1. The van der Waals surface area contributed by atoms with Crippen molar-refractivity contribution in [3.8, 4) is 0 Å². The van der Waals surface area contributed by atoms with E-state index in [0.29, 0.717) is 23.4 Å². The summed E-state index contributed by atoms with van der Waals surface area (Å²) in [5, 5.41) is 10.2. The number of carbonyl (C=O) groups excluding carboxylic acids is 1. The molecular weight excluding hydrogens is 503 g/mol. The zero-order chi connectivity index (χ0) is 20.2. The Morgan fingerprint density at radius 1 is 1.24 bits per heavy atom. The smallest absolute Gasteiger partial charge is 0.224 e. The highest BCUT2D eigenvalue weighted by atomic mass is 127. The van der Waals surface area contributed by atoms with Crippen LogP contribution in [-0.4, -0.2) is 45.2 Å². The number of rotatable bonds is 11. The first-order chi connectivity index (χ1) is 13.6. The van der Waals surface area contributed by atoms with E-state index < -0.39 is 0 Å². The lowest BCUT2D eigenvalue weighted by molar-refractivity contribution is -0.116. The molecule has 0 aliphatic heterocycles. The summed E-state index contributed by atoms with van der Waals surface area (Å²) in [5.41, 5.74) is 1.07. The first-order valence-electron chi connectivity index (χ1n) is 10.1. The second kappa shape index (κ2) is 14.0. The van der Waals surface area contributed by atoms with E-state index in [-0.39, 0.29) is 29.9 Å². The molecule has 1 aliphatic rings. The van der Waals surface area contributed by atoms with Gasteiger partial charge in [-0.15, -0.1) is 24.0 Å². The molecule has 0 saturated heterocycles. The second-order valence-electron chi connectivity index (χ2n) is 7.38. The van der Waals surface area contributed by atoms with Gasteiger partial charge in [0.2, 0.25) is 5.91 Å². The molecule has 0 unspecified atom stereocenters. The maximum Gasteiger partial charge on any atom is 0.224 e. The molecule has 0 atom stereocenters. The molecule has 0 aromatic heterocycles. The largest absolute Gasteiger partial charge is 0.385 e. The molecular formula is C21H34ClIN4O2. The number of aliphatic imine (C=N–C) groups is 1. The minimum Gasteiger partial charge on any atom is -0.385 e. The van der Waals surface area contributed by atoms with E-state index in [4.69, 9.17) is 21.3 Å². The number of carbonyl (C=O) groups is 1. The van der Waals surface area contributed by atoms with Crippen LogP contribution in [0.25, 0.3) is 0 Å². The Hall–Kier alpha value is -1.06. The number of nitrogens with zero attached hydrogens (tertiary/aromatic N) is 1. The van der Waals surface area contributed by atoms with Gasteiger partial charge in [-0.3, -0.25) is 9.79 Å². The summed E-state index contributed by atoms with van der Waals surface area (Å²) in [6.45, 7) is 5.19. The number of hydrogen-bond donors (Lipinski definition) is 3. The van der Waals surface area contributed by atoms with Gasteiger partial charge in [0.25, 0.3) is 0 Å². The van der Waals surface area contributed by atoms with Crippen LogP contribution in [0.1, 0.15) is 45.4 Å². The van der Waals surface area contributed by atoms with E-state index in [0.717, 1.165) is 44.2 Å². The van der Waals surface area contributed by atoms with Crippen molar-refractivity contribution in [3.05, 3.63) is 29.3 Å². The number of halogens is 2. The maximum atomic E-state index is 12.0. The molecule has 0 radical (unpaired) electrons. The molecule has 0 bridgehead atoms. The van der Waals surface area contributed by atoms with E-state index in [1.165, 1.54) is 19.3 Å². The van der Waals surface area contributed by atoms with Crippen LogP contribution in [0.4, 0.5) is 5.69 Å². The number of benzene rings is 1. The fourth-order valence-electron chi connectivity index (χ4n) is 3.28. The molecule has 8 heteroatoms. The van der Waals surface area contributed by atoms with Crippen molar-refractivity contribution in [2.45, 2.75) is 45.4 Å². The summed E-state index contributed by atoms with van der Waals surface area (Å²) >= 11 is 5.85. The number of ether oxygens (including phenoxy) is 1. The molecule has 1 aliphatic carbocycles. The van der Waals surface area contributed by atoms with E-state index in [2.05, 4.69) is 22.9 Å². The zero-order valence-electron chi connectivity index (χ0n) is 17.4. The van der Waals surface area contributed by atoms with Crippen molar-refractivity contribution in [1.29, 1.82) is 0 Å². The third-order valence-corrected chi connectivity index (χ3v) is 5.42. The summed E-state index contributed by atoms with van der Waals surface area (Å²) in [6.07, 6.45) is 5.99. The molecule has 1 aromatic carbocycles. The van der Waals surface area contributed by atoms with Crippen molar-refractivity contribution in [3.63, 3.8) is 0 Å². The van der Waals surface area contributed by atoms with Gasteiger partial charge in [0.15, 0.2) is 5.96 Å². The maximum absolute atomic E-state index is 12.0. The Morgan fingerprint density at radius 2 is 1.97 bits per heavy atom. The average Bonchev–Trinajstić information content (AvgIpc) is 2.65. The first kappa shape index (κ1) is 26.0. The third-order valence-electron chi connectivity index (χ3n) is 5.17. The van der Waals surface area contributed by atoms with Crippen LogP contribution >= 0.6 is 35.6 Å². The van der Waals surface area contributed by atoms with Crippen LogP contribution in [0.5, 0.6) is 0 Å². The topological polar surface area (TPSA) is 74.8 Å². The lowest BCUT2D eigenvalue weighted by Crippen LogP contribution is -2.40. The van der Waals surface area contributed by atoms with Crippen LogP contribution in [0.3, 0.4) is 0 Å². The van der Waals surface area contributed by atoms with Crippen molar-refractivity contribution in [2.24, 2.45) is 10.4 Å². The Kier molecular flexibility index (Phi) is 12.6. The van der Waals surface area contributed by atoms with E-state index in [1.807, 2.05) is 0 Å². The minimum atomic E-state index is -0.000881. The second-order valence-corrected chi connectivity index (χ2v) is 7.81. The molecule has 1 saturated carbocycles. The van der Waals surface area contributed by atoms with E-state index in [9.17, 15) is 4.79 Å². The lowest BCUT2D eigenvalue weighted by atomic mass is 9.67. The van der Waals surface area contributed by atoms with Crippen molar-refractivity contribution >= 4 is 53.1 Å². The summed E-state index contributed by atoms with van der Waals surface area (Å²) < 4.78 is 5.25. The SMILES string of the molecule is CCNC(=NCC1(CCOC)CCC1)NCCCC(=O)Nc1ccc(Cl)cc1.I. The van der Waals surface area contributed by atoms with Crippen molar-refractivity contribution < 1.29 is 9.53 Å². The highest BCUT2D eigenvalue weighted by Gasteiger charge is 2.36.